The number of hydrogen-bond donors (Lipinski definition) is 0. The summed E-state index contributed by atoms with van der Waals surface area (Å²) in [5.74, 6) is 1.27. The van der Waals surface area contributed by atoms with Crippen LogP contribution in [0.2, 0.25) is 0 Å². The molecule has 0 bridgehead atoms. The van der Waals surface area contributed by atoms with Crippen LogP contribution < -0.4 is 15.0 Å². The molecule has 4 aromatic rings. The lowest BCUT2D eigenvalue weighted by Gasteiger charge is -2.19. The summed E-state index contributed by atoms with van der Waals surface area (Å²) in [4.78, 5) is 13.1. The molecular formula is C25H27N3O3. The van der Waals surface area contributed by atoms with Gasteiger partial charge in [-0.1, -0.05) is 45.0 Å². The van der Waals surface area contributed by atoms with Gasteiger partial charge in [0.25, 0.3) is 5.56 Å². The standard InChI is InChI=1S/C25H27N3O3/c1-25(2,3)19-9-6-17(7-10-19)16-27-12-13-28-21(24(27)29)15-20(26-28)18-8-11-22(30-4)23(14-18)31-5/h6-15H,16H2,1-5H3. The third kappa shape index (κ3) is 4.06. The number of methoxy groups -OCH3 is 2. The predicted molar refractivity (Wildman–Crippen MR) is 122 cm³/mol. The number of nitrogens with zero attached hydrogens (tertiary/aromatic N) is 3. The monoisotopic (exact) mass is 417 g/mol. The number of fused-ring (bicyclic) bond motifs is 1. The average Bonchev–Trinajstić information content (AvgIpc) is 3.20. The average molecular weight is 418 g/mol. The maximum absolute atomic E-state index is 13.1. The van der Waals surface area contributed by atoms with E-state index in [9.17, 15) is 4.79 Å². The first-order valence-electron chi connectivity index (χ1n) is 10.2. The van der Waals surface area contributed by atoms with Gasteiger partial charge in [0.15, 0.2) is 11.5 Å². The van der Waals surface area contributed by atoms with Gasteiger partial charge in [0.05, 0.1) is 26.5 Å². The zero-order chi connectivity index (χ0) is 22.2. The van der Waals surface area contributed by atoms with Gasteiger partial charge in [-0.15, -0.1) is 0 Å². The van der Waals surface area contributed by atoms with E-state index in [0.29, 0.717) is 29.3 Å². The molecule has 0 spiro atoms. The second-order valence-corrected chi connectivity index (χ2v) is 8.61. The molecule has 0 aliphatic heterocycles. The van der Waals surface area contributed by atoms with E-state index in [1.807, 2.05) is 30.5 Å². The molecule has 0 N–H and O–H groups in total. The Morgan fingerprint density at radius 1 is 0.903 bits per heavy atom. The lowest BCUT2D eigenvalue weighted by atomic mass is 9.87. The Morgan fingerprint density at radius 2 is 1.61 bits per heavy atom. The summed E-state index contributed by atoms with van der Waals surface area (Å²) in [5, 5.41) is 4.57. The molecule has 0 aliphatic rings. The molecule has 2 heterocycles. The summed E-state index contributed by atoms with van der Waals surface area (Å²) < 4.78 is 14.0. The van der Waals surface area contributed by atoms with Crippen LogP contribution in [-0.2, 0) is 12.0 Å². The molecule has 0 amide bonds. The van der Waals surface area contributed by atoms with Gasteiger partial charge in [0.2, 0.25) is 0 Å². The van der Waals surface area contributed by atoms with Crippen LogP contribution in [0.1, 0.15) is 31.9 Å². The minimum Gasteiger partial charge on any atom is -0.493 e. The van der Waals surface area contributed by atoms with Crippen LogP contribution in [0.3, 0.4) is 0 Å². The molecule has 2 aromatic heterocycles. The lowest BCUT2D eigenvalue weighted by Crippen LogP contribution is -2.21. The molecule has 2 aromatic carbocycles. The van der Waals surface area contributed by atoms with Gasteiger partial charge in [-0.3, -0.25) is 4.79 Å². The van der Waals surface area contributed by atoms with E-state index in [0.717, 1.165) is 11.1 Å². The molecule has 6 heteroatoms. The van der Waals surface area contributed by atoms with Gasteiger partial charge in [-0.2, -0.15) is 5.10 Å². The number of aromatic nitrogens is 3. The number of rotatable bonds is 5. The Labute approximate surface area is 181 Å². The maximum Gasteiger partial charge on any atom is 0.276 e. The Balaban J connectivity index is 1.66. The molecule has 4 rings (SSSR count). The smallest absolute Gasteiger partial charge is 0.276 e. The molecule has 0 atom stereocenters. The minimum absolute atomic E-state index is 0.0818. The minimum atomic E-state index is -0.0818. The highest BCUT2D eigenvalue weighted by atomic mass is 16.5. The predicted octanol–water partition coefficient (Wildman–Crippen LogP) is 4.53. The summed E-state index contributed by atoms with van der Waals surface area (Å²) in [7, 11) is 3.19. The third-order valence-electron chi connectivity index (χ3n) is 5.46. The van der Waals surface area contributed by atoms with E-state index in [1.54, 1.807) is 29.5 Å². The fourth-order valence-electron chi connectivity index (χ4n) is 3.59. The first-order valence-corrected chi connectivity index (χ1v) is 10.2. The largest absolute Gasteiger partial charge is 0.493 e. The second-order valence-electron chi connectivity index (χ2n) is 8.61. The molecule has 0 saturated carbocycles. The van der Waals surface area contributed by atoms with Crippen LogP contribution in [0.15, 0.2) is 65.7 Å². The fourth-order valence-corrected chi connectivity index (χ4v) is 3.59. The SMILES string of the molecule is COc1ccc(-c2cc3c(=O)n(Cc4ccc(C(C)(C)C)cc4)ccn3n2)cc1OC. The normalized spacial score (nSPS) is 11.6. The van der Waals surface area contributed by atoms with Crippen molar-refractivity contribution in [2.24, 2.45) is 0 Å². The van der Waals surface area contributed by atoms with Crippen molar-refractivity contribution in [1.82, 2.24) is 14.2 Å². The summed E-state index contributed by atoms with van der Waals surface area (Å²) in [6.45, 7) is 7.08. The highest BCUT2D eigenvalue weighted by Crippen LogP contribution is 2.32. The molecule has 6 nitrogen and oxygen atoms in total. The number of benzene rings is 2. The van der Waals surface area contributed by atoms with E-state index in [1.165, 1.54) is 5.56 Å². The van der Waals surface area contributed by atoms with Crippen molar-refractivity contribution in [2.45, 2.75) is 32.7 Å². The van der Waals surface area contributed by atoms with E-state index < -0.39 is 0 Å². The van der Waals surface area contributed by atoms with Gasteiger partial charge in [0.1, 0.15) is 5.52 Å². The Morgan fingerprint density at radius 3 is 2.26 bits per heavy atom. The van der Waals surface area contributed by atoms with Crippen molar-refractivity contribution in [3.8, 4) is 22.8 Å². The first-order chi connectivity index (χ1) is 14.8. The van der Waals surface area contributed by atoms with Crippen LogP contribution in [0, 0.1) is 0 Å². The van der Waals surface area contributed by atoms with Crippen molar-refractivity contribution < 1.29 is 9.47 Å². The molecule has 160 valence electrons. The van der Waals surface area contributed by atoms with E-state index >= 15 is 0 Å². The molecule has 0 saturated heterocycles. The number of ether oxygens (including phenoxy) is 2. The molecule has 0 fully saturated rings. The zero-order valence-corrected chi connectivity index (χ0v) is 18.5. The summed E-state index contributed by atoms with van der Waals surface area (Å²) >= 11 is 0. The Bertz CT molecular complexity index is 1280. The van der Waals surface area contributed by atoms with Crippen molar-refractivity contribution >= 4 is 5.52 Å². The molecule has 0 radical (unpaired) electrons. The third-order valence-corrected chi connectivity index (χ3v) is 5.46. The van der Waals surface area contributed by atoms with Crippen molar-refractivity contribution in [3.63, 3.8) is 0 Å². The van der Waals surface area contributed by atoms with Crippen molar-refractivity contribution in [1.29, 1.82) is 0 Å². The first kappa shape index (κ1) is 20.7. The second kappa shape index (κ2) is 7.95. The van der Waals surface area contributed by atoms with Crippen LogP contribution in [0.5, 0.6) is 11.5 Å². The Kier molecular flexibility index (Phi) is 5.31. The quantitative estimate of drug-likeness (QED) is 0.479. The number of hydrogen-bond acceptors (Lipinski definition) is 4. The highest BCUT2D eigenvalue weighted by molar-refractivity contribution is 5.68. The van der Waals surface area contributed by atoms with Gasteiger partial charge in [0, 0.05) is 18.0 Å². The zero-order valence-electron chi connectivity index (χ0n) is 18.5. The van der Waals surface area contributed by atoms with Crippen LogP contribution in [0.4, 0.5) is 0 Å². The summed E-state index contributed by atoms with van der Waals surface area (Å²) in [5.41, 5.74) is 4.45. The highest BCUT2D eigenvalue weighted by Gasteiger charge is 2.14. The van der Waals surface area contributed by atoms with E-state index in [4.69, 9.17) is 9.47 Å². The fraction of sp³-hybridized carbons (Fsp3) is 0.280. The molecule has 0 aliphatic carbocycles. The van der Waals surface area contributed by atoms with Gasteiger partial charge >= 0.3 is 0 Å². The Hall–Kier alpha value is -3.54. The van der Waals surface area contributed by atoms with Crippen molar-refractivity contribution in [2.75, 3.05) is 14.2 Å². The van der Waals surface area contributed by atoms with Gasteiger partial charge in [-0.25, -0.2) is 4.52 Å². The molecule has 31 heavy (non-hydrogen) atoms. The lowest BCUT2D eigenvalue weighted by molar-refractivity contribution is 0.355. The summed E-state index contributed by atoms with van der Waals surface area (Å²) in [6, 6.07) is 15.8. The van der Waals surface area contributed by atoms with E-state index in [-0.39, 0.29) is 11.0 Å². The topological polar surface area (TPSA) is 57.8 Å². The van der Waals surface area contributed by atoms with Gasteiger partial charge < -0.3 is 14.0 Å². The summed E-state index contributed by atoms with van der Waals surface area (Å²) in [6.07, 6.45) is 3.59. The molecular weight excluding hydrogens is 390 g/mol. The van der Waals surface area contributed by atoms with Gasteiger partial charge in [-0.05, 0) is 40.8 Å². The van der Waals surface area contributed by atoms with Crippen LogP contribution in [-0.4, -0.2) is 28.4 Å². The van der Waals surface area contributed by atoms with Crippen molar-refractivity contribution in [3.05, 3.63) is 82.4 Å². The molecule has 0 unspecified atom stereocenters. The van der Waals surface area contributed by atoms with Crippen LogP contribution in [0.25, 0.3) is 16.8 Å². The van der Waals surface area contributed by atoms with E-state index in [2.05, 4.69) is 50.1 Å². The van der Waals surface area contributed by atoms with Crippen LogP contribution >= 0.6 is 0 Å². The maximum atomic E-state index is 13.1.